The Labute approximate surface area is 124 Å². The van der Waals surface area contributed by atoms with E-state index in [1.54, 1.807) is 12.4 Å². The number of aromatic nitrogens is 3. The lowest BCUT2D eigenvalue weighted by Gasteiger charge is -2.28. The van der Waals surface area contributed by atoms with Crippen molar-refractivity contribution >= 4 is 11.8 Å². The number of rotatable bonds is 4. The van der Waals surface area contributed by atoms with Crippen molar-refractivity contribution in [1.82, 2.24) is 15.0 Å². The van der Waals surface area contributed by atoms with Gasteiger partial charge >= 0.3 is 0 Å². The van der Waals surface area contributed by atoms with Gasteiger partial charge in [0.15, 0.2) is 0 Å². The van der Waals surface area contributed by atoms with Crippen LogP contribution in [0.2, 0.25) is 0 Å². The summed E-state index contributed by atoms with van der Waals surface area (Å²) in [5.41, 5.74) is 2.12. The summed E-state index contributed by atoms with van der Waals surface area (Å²) in [7, 11) is 0. The quantitative estimate of drug-likeness (QED) is 0.921. The molecule has 21 heavy (non-hydrogen) atoms. The SMILES string of the molecule is Cc1cc(N2CCOCC2)nc(NCc2ccncc2)n1. The fraction of sp³-hybridized carbons (Fsp3) is 0.400. The number of ether oxygens (including phenoxy) is 1. The summed E-state index contributed by atoms with van der Waals surface area (Å²) in [5.74, 6) is 1.62. The van der Waals surface area contributed by atoms with Crippen LogP contribution in [0.3, 0.4) is 0 Å². The van der Waals surface area contributed by atoms with Gasteiger partial charge in [0, 0.05) is 43.8 Å². The van der Waals surface area contributed by atoms with Crippen molar-refractivity contribution in [2.45, 2.75) is 13.5 Å². The van der Waals surface area contributed by atoms with E-state index in [-0.39, 0.29) is 0 Å². The van der Waals surface area contributed by atoms with Crippen molar-refractivity contribution in [2.24, 2.45) is 0 Å². The van der Waals surface area contributed by atoms with E-state index in [4.69, 9.17) is 4.74 Å². The van der Waals surface area contributed by atoms with Crippen LogP contribution in [-0.4, -0.2) is 41.3 Å². The van der Waals surface area contributed by atoms with Gasteiger partial charge in [-0.3, -0.25) is 4.98 Å². The Bertz CT molecular complexity index is 584. The molecule has 0 aromatic carbocycles. The van der Waals surface area contributed by atoms with Crippen LogP contribution >= 0.6 is 0 Å². The highest BCUT2D eigenvalue weighted by Crippen LogP contribution is 2.16. The molecule has 3 heterocycles. The Morgan fingerprint density at radius 3 is 2.71 bits per heavy atom. The van der Waals surface area contributed by atoms with E-state index in [1.807, 2.05) is 25.1 Å². The number of nitrogens with zero attached hydrogens (tertiary/aromatic N) is 4. The minimum absolute atomic E-state index is 0.660. The number of hydrogen-bond donors (Lipinski definition) is 1. The van der Waals surface area contributed by atoms with Crippen molar-refractivity contribution in [3.8, 4) is 0 Å². The van der Waals surface area contributed by atoms with E-state index in [0.717, 1.165) is 43.4 Å². The normalized spacial score (nSPS) is 15.0. The van der Waals surface area contributed by atoms with Gasteiger partial charge in [0.1, 0.15) is 5.82 Å². The molecular formula is C15H19N5O. The molecule has 110 valence electrons. The van der Waals surface area contributed by atoms with Crippen LogP contribution in [0, 0.1) is 6.92 Å². The molecule has 1 aliphatic heterocycles. The molecule has 6 nitrogen and oxygen atoms in total. The molecule has 0 spiro atoms. The highest BCUT2D eigenvalue weighted by Gasteiger charge is 2.14. The van der Waals surface area contributed by atoms with Crippen LogP contribution in [0.5, 0.6) is 0 Å². The largest absolute Gasteiger partial charge is 0.378 e. The molecule has 0 bridgehead atoms. The minimum atomic E-state index is 0.660. The lowest BCUT2D eigenvalue weighted by atomic mass is 10.3. The van der Waals surface area contributed by atoms with Crippen LogP contribution in [0.15, 0.2) is 30.6 Å². The molecule has 1 aliphatic rings. The third-order valence-electron chi connectivity index (χ3n) is 3.38. The third kappa shape index (κ3) is 3.66. The van der Waals surface area contributed by atoms with Gasteiger partial charge in [-0.2, -0.15) is 4.98 Å². The molecule has 0 aliphatic carbocycles. The highest BCUT2D eigenvalue weighted by molar-refractivity contribution is 5.45. The van der Waals surface area contributed by atoms with E-state index >= 15 is 0 Å². The standard InChI is InChI=1S/C15H19N5O/c1-12-10-14(20-6-8-21-9-7-20)19-15(18-12)17-11-13-2-4-16-5-3-13/h2-5,10H,6-9,11H2,1H3,(H,17,18,19). The number of pyridine rings is 1. The Morgan fingerprint density at radius 2 is 1.95 bits per heavy atom. The first-order valence-corrected chi connectivity index (χ1v) is 7.12. The number of aryl methyl sites for hydroxylation is 1. The van der Waals surface area contributed by atoms with Gasteiger partial charge in [0.25, 0.3) is 0 Å². The molecule has 2 aromatic rings. The summed E-state index contributed by atoms with van der Waals surface area (Å²) in [5, 5.41) is 3.27. The van der Waals surface area contributed by atoms with Crippen molar-refractivity contribution < 1.29 is 4.74 Å². The van der Waals surface area contributed by atoms with Gasteiger partial charge in [0.05, 0.1) is 13.2 Å². The maximum atomic E-state index is 5.38. The fourth-order valence-corrected chi connectivity index (χ4v) is 2.27. The number of anilines is 2. The van der Waals surface area contributed by atoms with E-state index in [1.165, 1.54) is 0 Å². The lowest BCUT2D eigenvalue weighted by molar-refractivity contribution is 0.122. The second-order valence-corrected chi connectivity index (χ2v) is 5.00. The summed E-state index contributed by atoms with van der Waals surface area (Å²) < 4.78 is 5.38. The molecule has 1 N–H and O–H groups in total. The maximum absolute atomic E-state index is 5.38. The van der Waals surface area contributed by atoms with E-state index in [9.17, 15) is 0 Å². The second-order valence-electron chi connectivity index (χ2n) is 5.00. The minimum Gasteiger partial charge on any atom is -0.378 e. The first-order valence-electron chi connectivity index (χ1n) is 7.12. The summed E-state index contributed by atoms with van der Waals surface area (Å²) >= 11 is 0. The fourth-order valence-electron chi connectivity index (χ4n) is 2.27. The summed E-state index contributed by atoms with van der Waals surface area (Å²) in [6.07, 6.45) is 3.57. The van der Waals surface area contributed by atoms with Crippen LogP contribution in [0.4, 0.5) is 11.8 Å². The topological polar surface area (TPSA) is 63.2 Å². The Morgan fingerprint density at radius 1 is 1.19 bits per heavy atom. The molecule has 6 heteroatoms. The summed E-state index contributed by atoms with van der Waals surface area (Å²) in [6, 6.07) is 5.97. The third-order valence-corrected chi connectivity index (χ3v) is 3.38. The molecule has 0 atom stereocenters. The number of hydrogen-bond acceptors (Lipinski definition) is 6. The molecule has 1 saturated heterocycles. The average Bonchev–Trinajstić information content (AvgIpc) is 2.54. The predicted molar refractivity (Wildman–Crippen MR) is 81.4 cm³/mol. The van der Waals surface area contributed by atoms with Gasteiger partial charge < -0.3 is 15.0 Å². The van der Waals surface area contributed by atoms with Crippen LogP contribution in [0.25, 0.3) is 0 Å². The van der Waals surface area contributed by atoms with Crippen molar-refractivity contribution in [2.75, 3.05) is 36.5 Å². The average molecular weight is 285 g/mol. The molecule has 0 saturated carbocycles. The number of nitrogens with one attached hydrogen (secondary N) is 1. The van der Waals surface area contributed by atoms with Crippen molar-refractivity contribution in [1.29, 1.82) is 0 Å². The number of morpholine rings is 1. The summed E-state index contributed by atoms with van der Waals surface area (Å²) in [6.45, 7) is 5.93. The molecule has 0 radical (unpaired) electrons. The van der Waals surface area contributed by atoms with Crippen molar-refractivity contribution in [3.05, 3.63) is 41.9 Å². The predicted octanol–water partition coefficient (Wildman–Crippen LogP) is 1.63. The molecule has 2 aromatic heterocycles. The lowest BCUT2D eigenvalue weighted by Crippen LogP contribution is -2.37. The van der Waals surface area contributed by atoms with Gasteiger partial charge in [-0.15, -0.1) is 0 Å². The smallest absolute Gasteiger partial charge is 0.225 e. The van der Waals surface area contributed by atoms with Crippen LogP contribution in [-0.2, 0) is 11.3 Å². The van der Waals surface area contributed by atoms with Gasteiger partial charge in [0.2, 0.25) is 5.95 Å². The van der Waals surface area contributed by atoms with E-state index in [2.05, 4.69) is 25.2 Å². The zero-order valence-corrected chi connectivity index (χ0v) is 12.1. The Kier molecular flexibility index (Phi) is 4.25. The zero-order valence-electron chi connectivity index (χ0n) is 12.1. The van der Waals surface area contributed by atoms with Crippen LogP contribution < -0.4 is 10.2 Å². The van der Waals surface area contributed by atoms with Crippen LogP contribution in [0.1, 0.15) is 11.3 Å². The molecule has 0 amide bonds. The van der Waals surface area contributed by atoms with Gasteiger partial charge in [-0.1, -0.05) is 0 Å². The highest BCUT2D eigenvalue weighted by atomic mass is 16.5. The monoisotopic (exact) mass is 285 g/mol. The molecule has 1 fully saturated rings. The first kappa shape index (κ1) is 13.8. The van der Waals surface area contributed by atoms with Crippen molar-refractivity contribution in [3.63, 3.8) is 0 Å². The van der Waals surface area contributed by atoms with Gasteiger partial charge in [-0.25, -0.2) is 4.98 Å². The summed E-state index contributed by atoms with van der Waals surface area (Å²) in [4.78, 5) is 15.3. The van der Waals surface area contributed by atoms with E-state index < -0.39 is 0 Å². The molecule has 3 rings (SSSR count). The van der Waals surface area contributed by atoms with E-state index in [0.29, 0.717) is 12.5 Å². The maximum Gasteiger partial charge on any atom is 0.225 e. The molecular weight excluding hydrogens is 266 g/mol. The Hall–Kier alpha value is -2.21. The zero-order chi connectivity index (χ0) is 14.5. The Balaban J connectivity index is 1.71. The molecule has 0 unspecified atom stereocenters. The van der Waals surface area contributed by atoms with Gasteiger partial charge in [-0.05, 0) is 24.6 Å². The first-order chi connectivity index (χ1) is 10.3. The second kappa shape index (κ2) is 6.49.